The molecule has 3 aromatic carbocycles. The Morgan fingerprint density at radius 2 is 1.88 bits per heavy atom. The van der Waals surface area contributed by atoms with E-state index in [0.717, 1.165) is 0 Å². The number of nitrogens with zero attached hydrogens (tertiary/aromatic N) is 2. The monoisotopic (exact) mass is 543 g/mol. The Morgan fingerprint density at radius 1 is 1.12 bits per heavy atom. The quantitative estimate of drug-likeness (QED) is 0.282. The van der Waals surface area contributed by atoms with Gasteiger partial charge in [0.15, 0.2) is 5.82 Å². The molecule has 6 nitrogen and oxygen atoms in total. The first-order valence-corrected chi connectivity index (χ1v) is 11.4. The van der Waals surface area contributed by atoms with Crippen LogP contribution in [0, 0.1) is 5.82 Å². The number of carbonyl (C=O) groups excluding carboxylic acids is 1. The van der Waals surface area contributed by atoms with Crippen LogP contribution < -0.4 is 14.8 Å². The van der Waals surface area contributed by atoms with Crippen LogP contribution in [-0.4, -0.2) is 22.8 Å². The van der Waals surface area contributed by atoms with Crippen LogP contribution in [0.25, 0.3) is 0 Å². The van der Waals surface area contributed by atoms with Gasteiger partial charge in [-0.3, -0.25) is 9.48 Å². The lowest BCUT2D eigenvalue weighted by Gasteiger charge is -2.12. The highest BCUT2D eigenvalue weighted by molar-refractivity contribution is 9.10. The van der Waals surface area contributed by atoms with Crippen molar-refractivity contribution in [1.29, 1.82) is 0 Å². The van der Waals surface area contributed by atoms with Gasteiger partial charge in [0.2, 0.25) is 0 Å². The maximum absolute atomic E-state index is 14.0. The Balaban J connectivity index is 1.47. The summed E-state index contributed by atoms with van der Waals surface area (Å²) < 4.78 is 27.3. The minimum absolute atomic E-state index is 0.201. The first-order valence-electron chi connectivity index (χ1n) is 10.3. The summed E-state index contributed by atoms with van der Waals surface area (Å²) in [5.41, 5.74) is 1.61. The number of benzene rings is 3. The maximum Gasteiger partial charge on any atom is 0.256 e. The normalized spacial score (nSPS) is 10.7. The molecule has 0 aliphatic carbocycles. The van der Waals surface area contributed by atoms with Crippen LogP contribution in [0.1, 0.15) is 21.5 Å². The van der Waals surface area contributed by atoms with Crippen LogP contribution in [0.4, 0.5) is 10.2 Å². The molecule has 0 saturated heterocycles. The van der Waals surface area contributed by atoms with Crippen molar-refractivity contribution in [3.63, 3.8) is 0 Å². The summed E-state index contributed by atoms with van der Waals surface area (Å²) in [6, 6.07) is 18.6. The van der Waals surface area contributed by atoms with Crippen molar-refractivity contribution in [2.75, 3.05) is 12.4 Å². The molecular formula is C25H20BrClFN3O3. The number of aromatic nitrogens is 2. The number of anilines is 1. The lowest BCUT2D eigenvalue weighted by atomic mass is 10.1. The molecule has 0 saturated carbocycles. The lowest BCUT2D eigenvalue weighted by molar-refractivity contribution is 0.102. The molecule has 0 radical (unpaired) electrons. The van der Waals surface area contributed by atoms with Crippen LogP contribution in [0.15, 0.2) is 77.4 Å². The molecule has 0 unspecified atom stereocenters. The van der Waals surface area contributed by atoms with Gasteiger partial charge in [-0.15, -0.1) is 0 Å². The molecule has 0 fully saturated rings. The molecule has 34 heavy (non-hydrogen) atoms. The van der Waals surface area contributed by atoms with Gasteiger partial charge in [0, 0.05) is 27.9 Å². The standard InChI is InChI=1S/C25H20BrClFN3O3/c1-33-23-11-6-16(12-18(23)15-34-20-9-7-19(27)8-10-20)25(32)29-24-21(26)14-31(30-24)13-17-4-2-3-5-22(17)28/h2-12,14H,13,15H2,1H3,(H,29,30,32). The minimum Gasteiger partial charge on any atom is -0.496 e. The van der Waals surface area contributed by atoms with Crippen molar-refractivity contribution in [1.82, 2.24) is 9.78 Å². The molecule has 0 spiro atoms. The molecule has 1 amide bonds. The summed E-state index contributed by atoms with van der Waals surface area (Å²) in [5.74, 6) is 0.904. The van der Waals surface area contributed by atoms with Crippen molar-refractivity contribution >= 4 is 39.3 Å². The van der Waals surface area contributed by atoms with E-state index >= 15 is 0 Å². The molecule has 4 rings (SSSR count). The Morgan fingerprint density at radius 3 is 2.62 bits per heavy atom. The number of nitrogens with one attached hydrogen (secondary N) is 1. The third-order valence-corrected chi connectivity index (χ3v) is 5.82. The summed E-state index contributed by atoms with van der Waals surface area (Å²) in [4.78, 5) is 12.9. The first-order chi connectivity index (χ1) is 16.4. The van der Waals surface area contributed by atoms with E-state index in [4.69, 9.17) is 21.1 Å². The molecule has 1 N–H and O–H groups in total. The summed E-state index contributed by atoms with van der Waals surface area (Å²) in [7, 11) is 1.56. The van der Waals surface area contributed by atoms with Crippen molar-refractivity contribution in [2.45, 2.75) is 13.2 Å². The fourth-order valence-corrected chi connectivity index (χ4v) is 3.81. The topological polar surface area (TPSA) is 65.4 Å². The van der Waals surface area contributed by atoms with Gasteiger partial charge in [-0.1, -0.05) is 29.8 Å². The predicted molar refractivity (Wildman–Crippen MR) is 132 cm³/mol. The van der Waals surface area contributed by atoms with E-state index in [1.165, 1.54) is 6.07 Å². The average molecular weight is 545 g/mol. The second-order valence-electron chi connectivity index (χ2n) is 7.34. The van der Waals surface area contributed by atoms with Crippen molar-refractivity contribution in [3.8, 4) is 11.5 Å². The number of rotatable bonds is 8. The van der Waals surface area contributed by atoms with Crippen LogP contribution in [0.2, 0.25) is 5.02 Å². The third kappa shape index (κ3) is 5.76. The number of ether oxygens (including phenoxy) is 2. The van der Waals surface area contributed by atoms with Crippen LogP contribution in [0.3, 0.4) is 0 Å². The fraction of sp³-hybridized carbons (Fsp3) is 0.120. The summed E-state index contributed by atoms with van der Waals surface area (Å²) in [6.07, 6.45) is 1.68. The third-order valence-electron chi connectivity index (χ3n) is 4.99. The Bertz CT molecular complexity index is 1310. The lowest BCUT2D eigenvalue weighted by Crippen LogP contribution is -2.14. The highest BCUT2D eigenvalue weighted by Gasteiger charge is 2.15. The van der Waals surface area contributed by atoms with Crippen LogP contribution in [-0.2, 0) is 13.2 Å². The van der Waals surface area contributed by atoms with Gasteiger partial charge in [0.25, 0.3) is 5.91 Å². The molecule has 0 aliphatic heterocycles. The van der Waals surface area contributed by atoms with Gasteiger partial charge in [0.05, 0.1) is 18.1 Å². The minimum atomic E-state index is -0.354. The second-order valence-corrected chi connectivity index (χ2v) is 8.63. The van der Waals surface area contributed by atoms with Gasteiger partial charge < -0.3 is 14.8 Å². The number of carbonyl (C=O) groups is 1. The van der Waals surface area contributed by atoms with Crippen molar-refractivity contribution in [3.05, 3.63) is 105 Å². The van der Waals surface area contributed by atoms with E-state index in [1.54, 1.807) is 78.7 Å². The summed E-state index contributed by atoms with van der Waals surface area (Å²) >= 11 is 9.31. The van der Waals surface area contributed by atoms with Crippen LogP contribution in [0.5, 0.6) is 11.5 Å². The molecule has 0 aliphatic rings. The number of hydrogen-bond acceptors (Lipinski definition) is 4. The maximum atomic E-state index is 14.0. The average Bonchev–Trinajstić information content (AvgIpc) is 3.18. The fourth-order valence-electron chi connectivity index (χ4n) is 3.27. The van der Waals surface area contributed by atoms with Gasteiger partial charge in [-0.2, -0.15) is 5.10 Å². The van der Waals surface area contributed by atoms with E-state index in [1.807, 2.05) is 0 Å². The number of hydrogen-bond donors (Lipinski definition) is 1. The molecule has 0 bridgehead atoms. The zero-order valence-electron chi connectivity index (χ0n) is 18.1. The number of halogens is 3. The van der Waals surface area contributed by atoms with E-state index < -0.39 is 0 Å². The summed E-state index contributed by atoms with van der Waals surface area (Å²) in [5, 5.41) is 7.76. The molecule has 1 heterocycles. The van der Waals surface area contributed by atoms with Gasteiger partial charge in [-0.05, 0) is 64.5 Å². The molecule has 9 heteroatoms. The Hall–Kier alpha value is -3.36. The van der Waals surface area contributed by atoms with Gasteiger partial charge in [0.1, 0.15) is 23.9 Å². The van der Waals surface area contributed by atoms with E-state index in [-0.39, 0.29) is 24.9 Å². The van der Waals surface area contributed by atoms with Crippen molar-refractivity contribution in [2.24, 2.45) is 0 Å². The number of methoxy groups -OCH3 is 1. The zero-order chi connectivity index (χ0) is 24.1. The Kier molecular flexibility index (Phi) is 7.49. The predicted octanol–water partition coefficient (Wildman–Crippen LogP) is 6.33. The highest BCUT2D eigenvalue weighted by Crippen LogP contribution is 2.25. The first kappa shape index (κ1) is 23.8. The SMILES string of the molecule is COc1ccc(C(=O)Nc2nn(Cc3ccccc3F)cc2Br)cc1COc1ccc(Cl)cc1. The van der Waals surface area contributed by atoms with Crippen molar-refractivity contribution < 1.29 is 18.7 Å². The molecule has 4 aromatic rings. The highest BCUT2D eigenvalue weighted by atomic mass is 79.9. The summed E-state index contributed by atoms with van der Waals surface area (Å²) in [6.45, 7) is 0.433. The van der Waals surface area contributed by atoms with E-state index in [2.05, 4.69) is 26.3 Å². The van der Waals surface area contributed by atoms with Gasteiger partial charge in [-0.25, -0.2) is 4.39 Å². The zero-order valence-corrected chi connectivity index (χ0v) is 20.4. The second kappa shape index (κ2) is 10.7. The van der Waals surface area contributed by atoms with E-state index in [0.29, 0.717) is 43.5 Å². The molecule has 1 aromatic heterocycles. The molecule has 0 atom stereocenters. The largest absolute Gasteiger partial charge is 0.496 e. The molecular weight excluding hydrogens is 525 g/mol. The smallest absolute Gasteiger partial charge is 0.256 e. The molecule has 174 valence electrons. The van der Waals surface area contributed by atoms with Gasteiger partial charge >= 0.3 is 0 Å². The number of amides is 1. The van der Waals surface area contributed by atoms with Crippen LogP contribution >= 0.6 is 27.5 Å². The Labute approximate surface area is 209 Å². The van der Waals surface area contributed by atoms with E-state index in [9.17, 15) is 9.18 Å².